The second-order valence-corrected chi connectivity index (χ2v) is 8.26. The maximum Gasteiger partial charge on any atom is 0.284 e. The SMILES string of the molecule is COc1cc(/C=N\NC(=O)[C@@H]2COc3ccccc3O2)cc(Br)c1OCc1ccc(C)cc1. The van der Waals surface area contributed by atoms with E-state index in [2.05, 4.69) is 26.5 Å². The van der Waals surface area contributed by atoms with Gasteiger partial charge in [0.2, 0.25) is 6.10 Å². The van der Waals surface area contributed by atoms with Crippen LogP contribution in [-0.4, -0.2) is 31.9 Å². The van der Waals surface area contributed by atoms with Gasteiger partial charge in [0.05, 0.1) is 17.8 Å². The molecular weight excluding hydrogens is 488 g/mol. The van der Waals surface area contributed by atoms with Crippen molar-refractivity contribution in [2.24, 2.45) is 5.10 Å². The zero-order chi connectivity index (χ0) is 23.2. The molecule has 0 radical (unpaired) electrons. The van der Waals surface area contributed by atoms with E-state index in [-0.39, 0.29) is 6.61 Å². The van der Waals surface area contributed by atoms with Gasteiger partial charge in [-0.3, -0.25) is 4.79 Å². The first-order valence-electron chi connectivity index (χ1n) is 10.3. The van der Waals surface area contributed by atoms with Crippen molar-refractivity contribution in [2.75, 3.05) is 13.7 Å². The molecule has 0 aromatic heterocycles. The molecule has 7 nitrogen and oxygen atoms in total. The van der Waals surface area contributed by atoms with Gasteiger partial charge >= 0.3 is 0 Å². The maximum atomic E-state index is 12.4. The lowest BCUT2D eigenvalue weighted by Gasteiger charge is -2.24. The van der Waals surface area contributed by atoms with Crippen molar-refractivity contribution in [3.8, 4) is 23.0 Å². The van der Waals surface area contributed by atoms with Crippen LogP contribution in [-0.2, 0) is 11.4 Å². The van der Waals surface area contributed by atoms with Crippen LogP contribution in [0.15, 0.2) is 70.2 Å². The van der Waals surface area contributed by atoms with Crippen LogP contribution in [0.4, 0.5) is 0 Å². The van der Waals surface area contributed by atoms with Gasteiger partial charge in [0, 0.05) is 0 Å². The smallest absolute Gasteiger partial charge is 0.284 e. The number of nitrogens with zero attached hydrogens (tertiary/aromatic N) is 1. The summed E-state index contributed by atoms with van der Waals surface area (Å²) in [5.74, 6) is 1.88. The van der Waals surface area contributed by atoms with Crippen LogP contribution in [0.1, 0.15) is 16.7 Å². The van der Waals surface area contributed by atoms with E-state index in [1.54, 1.807) is 25.3 Å². The molecule has 0 aliphatic carbocycles. The number of benzene rings is 3. The van der Waals surface area contributed by atoms with E-state index in [1.165, 1.54) is 11.8 Å². The Kier molecular flexibility index (Phi) is 7.14. The molecule has 0 fully saturated rings. The van der Waals surface area contributed by atoms with Gasteiger partial charge in [0.15, 0.2) is 23.0 Å². The van der Waals surface area contributed by atoms with Gasteiger partial charge in [0.1, 0.15) is 13.2 Å². The maximum absolute atomic E-state index is 12.4. The highest BCUT2D eigenvalue weighted by Gasteiger charge is 2.27. The highest BCUT2D eigenvalue weighted by molar-refractivity contribution is 9.10. The average molecular weight is 511 g/mol. The number of aryl methyl sites for hydroxylation is 1. The minimum absolute atomic E-state index is 0.116. The standard InChI is InChI=1S/C25H23BrN2O5/c1-16-7-9-17(10-8-16)14-32-24-19(26)11-18(12-22(24)30-2)13-27-28-25(29)23-15-31-20-5-3-4-6-21(20)33-23/h3-13,23H,14-15H2,1-2H3,(H,28,29)/b27-13-/t23-/m0/s1. The number of para-hydroxylation sites is 2. The van der Waals surface area contributed by atoms with E-state index < -0.39 is 12.0 Å². The van der Waals surface area contributed by atoms with Crippen LogP contribution in [0.3, 0.4) is 0 Å². The summed E-state index contributed by atoms with van der Waals surface area (Å²) in [6, 6.07) is 19.0. The number of hydrogen-bond acceptors (Lipinski definition) is 6. The van der Waals surface area contributed by atoms with Crippen molar-refractivity contribution >= 4 is 28.1 Å². The van der Waals surface area contributed by atoms with Gasteiger partial charge in [-0.05, 0) is 58.2 Å². The van der Waals surface area contributed by atoms with Gasteiger partial charge in [-0.1, -0.05) is 42.0 Å². The number of nitrogens with one attached hydrogen (secondary N) is 1. The highest BCUT2D eigenvalue weighted by Crippen LogP contribution is 2.37. The summed E-state index contributed by atoms with van der Waals surface area (Å²) >= 11 is 3.53. The van der Waals surface area contributed by atoms with Gasteiger partial charge in [-0.15, -0.1) is 0 Å². The van der Waals surface area contributed by atoms with Crippen LogP contribution in [0.25, 0.3) is 0 Å². The van der Waals surface area contributed by atoms with Crippen LogP contribution in [0.5, 0.6) is 23.0 Å². The molecule has 1 heterocycles. The van der Waals surface area contributed by atoms with Gasteiger partial charge in [0.25, 0.3) is 5.91 Å². The summed E-state index contributed by atoms with van der Waals surface area (Å²) in [5, 5.41) is 4.04. The van der Waals surface area contributed by atoms with Crippen molar-refractivity contribution in [3.05, 3.63) is 81.8 Å². The predicted molar refractivity (Wildman–Crippen MR) is 128 cm³/mol. The Hall–Kier alpha value is -3.52. The Labute approximate surface area is 200 Å². The molecular formula is C25H23BrN2O5. The minimum atomic E-state index is -0.782. The molecule has 0 saturated heterocycles. The summed E-state index contributed by atoms with van der Waals surface area (Å²) in [6.45, 7) is 2.57. The van der Waals surface area contributed by atoms with Gasteiger partial charge < -0.3 is 18.9 Å². The number of methoxy groups -OCH3 is 1. The molecule has 33 heavy (non-hydrogen) atoms. The number of carbonyl (C=O) groups excluding carboxylic acids is 1. The third-order valence-electron chi connectivity index (χ3n) is 4.94. The van der Waals surface area contributed by atoms with Crippen molar-refractivity contribution < 1.29 is 23.7 Å². The van der Waals surface area contributed by atoms with Crippen molar-refractivity contribution in [1.29, 1.82) is 0 Å². The second-order valence-electron chi connectivity index (χ2n) is 7.41. The van der Waals surface area contributed by atoms with Crippen LogP contribution in [0.2, 0.25) is 0 Å². The summed E-state index contributed by atoms with van der Waals surface area (Å²) in [5.41, 5.74) is 5.46. The fourth-order valence-electron chi connectivity index (χ4n) is 3.19. The molecule has 1 amide bonds. The predicted octanol–water partition coefficient (Wildman–Crippen LogP) is 4.64. The van der Waals surface area contributed by atoms with E-state index >= 15 is 0 Å². The number of rotatable bonds is 7. The molecule has 0 saturated carbocycles. The molecule has 8 heteroatoms. The lowest BCUT2D eigenvalue weighted by molar-refractivity contribution is -0.130. The number of amides is 1. The third-order valence-corrected chi connectivity index (χ3v) is 5.53. The van der Waals surface area contributed by atoms with Crippen molar-refractivity contribution in [2.45, 2.75) is 19.6 Å². The normalized spacial score (nSPS) is 14.7. The number of halogens is 1. The Balaban J connectivity index is 1.38. The second kappa shape index (κ2) is 10.4. The Morgan fingerprint density at radius 1 is 1.18 bits per heavy atom. The number of fused-ring (bicyclic) bond motifs is 1. The largest absolute Gasteiger partial charge is 0.493 e. The molecule has 3 aromatic carbocycles. The minimum Gasteiger partial charge on any atom is -0.493 e. The Morgan fingerprint density at radius 2 is 1.94 bits per heavy atom. The lowest BCUT2D eigenvalue weighted by atomic mass is 10.2. The molecule has 0 unspecified atom stereocenters. The molecule has 0 bridgehead atoms. The first kappa shape index (κ1) is 22.7. The summed E-state index contributed by atoms with van der Waals surface area (Å²) in [7, 11) is 1.57. The van der Waals surface area contributed by atoms with E-state index in [9.17, 15) is 4.79 Å². The zero-order valence-electron chi connectivity index (χ0n) is 18.2. The number of hydrogen-bond donors (Lipinski definition) is 1. The third kappa shape index (κ3) is 5.64. The van der Waals surface area contributed by atoms with Gasteiger partial charge in [-0.25, -0.2) is 5.43 Å². The Morgan fingerprint density at radius 3 is 2.70 bits per heavy atom. The van der Waals surface area contributed by atoms with Crippen LogP contribution >= 0.6 is 15.9 Å². The summed E-state index contributed by atoms with van der Waals surface area (Å²) in [4.78, 5) is 12.4. The van der Waals surface area contributed by atoms with E-state index in [4.69, 9.17) is 18.9 Å². The number of ether oxygens (including phenoxy) is 4. The molecule has 3 aromatic rings. The van der Waals surface area contributed by atoms with Crippen molar-refractivity contribution in [1.82, 2.24) is 5.43 Å². The molecule has 4 rings (SSSR count). The first-order valence-corrected chi connectivity index (χ1v) is 11.1. The van der Waals surface area contributed by atoms with Crippen molar-refractivity contribution in [3.63, 3.8) is 0 Å². The quantitative estimate of drug-likeness (QED) is 0.370. The fraction of sp³-hybridized carbons (Fsp3) is 0.200. The molecule has 170 valence electrons. The number of hydrazone groups is 1. The highest BCUT2D eigenvalue weighted by atomic mass is 79.9. The summed E-state index contributed by atoms with van der Waals surface area (Å²) in [6.07, 6.45) is 0.739. The first-order chi connectivity index (χ1) is 16.0. The van der Waals surface area contributed by atoms with Gasteiger partial charge in [-0.2, -0.15) is 5.10 Å². The average Bonchev–Trinajstić information content (AvgIpc) is 2.83. The molecule has 0 spiro atoms. The summed E-state index contributed by atoms with van der Waals surface area (Å²) < 4.78 is 23.4. The topological polar surface area (TPSA) is 78.4 Å². The monoisotopic (exact) mass is 510 g/mol. The molecule has 1 aliphatic heterocycles. The van der Waals surface area contributed by atoms with E-state index in [1.807, 2.05) is 49.4 Å². The molecule has 1 aliphatic rings. The van der Waals surface area contributed by atoms with Crippen LogP contribution in [0, 0.1) is 6.92 Å². The van der Waals surface area contributed by atoms with E-state index in [0.717, 1.165) is 5.56 Å². The molecule has 1 atom stereocenters. The zero-order valence-corrected chi connectivity index (χ0v) is 19.8. The lowest BCUT2D eigenvalue weighted by Crippen LogP contribution is -2.42. The molecule has 1 N–H and O–H groups in total. The fourth-order valence-corrected chi connectivity index (χ4v) is 3.76. The van der Waals surface area contributed by atoms with E-state index in [0.29, 0.717) is 39.6 Å². The Bertz CT molecular complexity index is 1160. The number of carbonyl (C=O) groups is 1. The van der Waals surface area contributed by atoms with Crippen LogP contribution < -0.4 is 24.4 Å².